The van der Waals surface area contributed by atoms with Crippen LogP contribution in [0.2, 0.25) is 0 Å². The molecular weight excluding hydrogens is 274 g/mol. The second-order valence-electron chi connectivity index (χ2n) is 4.88. The largest absolute Gasteiger partial charge is 0.382 e. The summed E-state index contributed by atoms with van der Waals surface area (Å²) >= 11 is 0. The average molecular weight is 287 g/mol. The number of rotatable bonds is 2. The summed E-state index contributed by atoms with van der Waals surface area (Å²) in [6.45, 7) is 1.94. The highest BCUT2D eigenvalue weighted by atomic mass is 15.0. The second kappa shape index (κ2) is 5.62. The van der Waals surface area contributed by atoms with E-state index < -0.39 is 0 Å². The van der Waals surface area contributed by atoms with Gasteiger partial charge in [0.05, 0.1) is 5.69 Å². The monoisotopic (exact) mass is 287 g/mol. The SMILES string of the molecule is Cc1cncc(-c2nc(-c3ccccc3)nc(N)c2C#N)c1. The van der Waals surface area contributed by atoms with Gasteiger partial charge in [0.15, 0.2) is 5.82 Å². The smallest absolute Gasteiger partial charge is 0.162 e. The highest BCUT2D eigenvalue weighted by Gasteiger charge is 2.15. The topological polar surface area (TPSA) is 88.5 Å². The number of aromatic nitrogens is 3. The van der Waals surface area contributed by atoms with E-state index in [9.17, 15) is 5.26 Å². The number of hydrogen-bond donors (Lipinski definition) is 1. The van der Waals surface area contributed by atoms with Gasteiger partial charge in [0.1, 0.15) is 17.5 Å². The molecule has 2 aromatic heterocycles. The molecule has 0 aliphatic rings. The molecule has 0 fully saturated rings. The molecule has 0 amide bonds. The number of nitrogen functional groups attached to an aromatic ring is 1. The van der Waals surface area contributed by atoms with Crippen LogP contribution < -0.4 is 5.73 Å². The second-order valence-corrected chi connectivity index (χ2v) is 4.88. The zero-order valence-corrected chi connectivity index (χ0v) is 12.0. The Kier molecular flexibility index (Phi) is 3.50. The van der Waals surface area contributed by atoms with Crippen LogP contribution in [0.5, 0.6) is 0 Å². The van der Waals surface area contributed by atoms with E-state index in [0.29, 0.717) is 11.5 Å². The molecule has 22 heavy (non-hydrogen) atoms. The van der Waals surface area contributed by atoms with Gasteiger partial charge in [0.25, 0.3) is 0 Å². The van der Waals surface area contributed by atoms with Gasteiger partial charge in [0.2, 0.25) is 0 Å². The molecule has 2 N–H and O–H groups in total. The summed E-state index contributed by atoms with van der Waals surface area (Å²) < 4.78 is 0. The lowest BCUT2D eigenvalue weighted by molar-refractivity contribution is 1.16. The van der Waals surface area contributed by atoms with Crippen LogP contribution in [0.1, 0.15) is 11.1 Å². The number of benzene rings is 1. The summed E-state index contributed by atoms with van der Waals surface area (Å²) in [6.07, 6.45) is 3.42. The first-order valence-corrected chi connectivity index (χ1v) is 6.74. The molecule has 106 valence electrons. The molecule has 5 heteroatoms. The fraction of sp³-hybridized carbons (Fsp3) is 0.0588. The van der Waals surface area contributed by atoms with Crippen LogP contribution in [0.4, 0.5) is 5.82 Å². The van der Waals surface area contributed by atoms with Gasteiger partial charge in [0, 0.05) is 23.5 Å². The fourth-order valence-electron chi connectivity index (χ4n) is 2.20. The van der Waals surface area contributed by atoms with Crippen LogP contribution in [0.3, 0.4) is 0 Å². The number of pyridine rings is 1. The summed E-state index contributed by atoms with van der Waals surface area (Å²) in [4.78, 5) is 12.9. The number of hydrogen-bond acceptors (Lipinski definition) is 5. The maximum absolute atomic E-state index is 9.36. The van der Waals surface area contributed by atoms with Gasteiger partial charge in [-0.2, -0.15) is 5.26 Å². The molecule has 0 unspecified atom stereocenters. The highest BCUT2D eigenvalue weighted by molar-refractivity contribution is 5.74. The number of anilines is 1. The minimum Gasteiger partial charge on any atom is -0.382 e. The van der Waals surface area contributed by atoms with E-state index in [4.69, 9.17) is 5.73 Å². The summed E-state index contributed by atoms with van der Waals surface area (Å²) in [6, 6.07) is 13.5. The summed E-state index contributed by atoms with van der Waals surface area (Å²) in [5.74, 6) is 0.668. The minimum absolute atomic E-state index is 0.174. The molecule has 0 aliphatic heterocycles. The van der Waals surface area contributed by atoms with E-state index in [2.05, 4.69) is 21.0 Å². The first-order chi connectivity index (χ1) is 10.7. The molecule has 3 rings (SSSR count). The number of nitriles is 1. The van der Waals surface area contributed by atoms with Crippen molar-refractivity contribution in [2.45, 2.75) is 6.92 Å². The Bertz CT molecular complexity index is 866. The van der Waals surface area contributed by atoms with Crippen LogP contribution in [0, 0.1) is 18.3 Å². The third kappa shape index (κ3) is 2.50. The molecule has 0 bridgehead atoms. The van der Waals surface area contributed by atoms with Crippen molar-refractivity contribution in [2.75, 3.05) is 5.73 Å². The molecule has 0 aliphatic carbocycles. The van der Waals surface area contributed by atoms with E-state index in [1.165, 1.54) is 0 Å². The van der Waals surface area contributed by atoms with Crippen molar-refractivity contribution in [3.05, 3.63) is 59.9 Å². The van der Waals surface area contributed by atoms with Crippen molar-refractivity contribution < 1.29 is 0 Å². The number of nitrogens with zero attached hydrogens (tertiary/aromatic N) is 4. The van der Waals surface area contributed by atoms with E-state index in [0.717, 1.165) is 16.7 Å². The Hall–Kier alpha value is -3.26. The molecule has 3 aromatic rings. The van der Waals surface area contributed by atoms with Crippen LogP contribution >= 0.6 is 0 Å². The Balaban J connectivity index is 2.25. The lowest BCUT2D eigenvalue weighted by Gasteiger charge is -2.09. The van der Waals surface area contributed by atoms with Crippen molar-refractivity contribution in [3.8, 4) is 28.7 Å². The van der Waals surface area contributed by atoms with Crippen LogP contribution in [0.25, 0.3) is 22.6 Å². The quantitative estimate of drug-likeness (QED) is 0.782. The van der Waals surface area contributed by atoms with Crippen molar-refractivity contribution >= 4 is 5.82 Å². The maximum Gasteiger partial charge on any atom is 0.162 e. The Morgan fingerprint density at radius 2 is 1.82 bits per heavy atom. The van der Waals surface area contributed by atoms with Crippen LogP contribution in [-0.2, 0) is 0 Å². The first kappa shape index (κ1) is 13.7. The zero-order valence-electron chi connectivity index (χ0n) is 12.0. The van der Waals surface area contributed by atoms with Crippen molar-refractivity contribution in [1.82, 2.24) is 15.0 Å². The van der Waals surface area contributed by atoms with Gasteiger partial charge < -0.3 is 5.73 Å². The Morgan fingerprint density at radius 1 is 1.05 bits per heavy atom. The molecule has 0 saturated heterocycles. The summed E-state index contributed by atoms with van der Waals surface area (Å²) in [7, 11) is 0. The molecule has 0 spiro atoms. The van der Waals surface area contributed by atoms with E-state index in [1.54, 1.807) is 12.4 Å². The predicted molar refractivity (Wildman–Crippen MR) is 84.6 cm³/mol. The first-order valence-electron chi connectivity index (χ1n) is 6.74. The standard InChI is InChI=1S/C17H13N5/c1-11-7-13(10-20-9-11)15-14(8-18)16(19)22-17(21-15)12-5-3-2-4-6-12/h2-7,9-10H,1H3,(H2,19,21,22). The summed E-state index contributed by atoms with van der Waals surface area (Å²) in [5.41, 5.74) is 9.31. The lowest BCUT2D eigenvalue weighted by atomic mass is 10.1. The lowest BCUT2D eigenvalue weighted by Crippen LogP contribution is -2.03. The van der Waals surface area contributed by atoms with E-state index in [-0.39, 0.29) is 11.4 Å². The number of aryl methyl sites for hydroxylation is 1. The Labute approximate surface area is 128 Å². The van der Waals surface area contributed by atoms with Gasteiger partial charge in [-0.3, -0.25) is 4.98 Å². The minimum atomic E-state index is 0.174. The highest BCUT2D eigenvalue weighted by Crippen LogP contribution is 2.27. The zero-order chi connectivity index (χ0) is 15.5. The van der Waals surface area contributed by atoms with Crippen LogP contribution in [-0.4, -0.2) is 15.0 Å². The molecule has 2 heterocycles. The predicted octanol–water partition coefficient (Wildman–Crippen LogP) is 2.97. The maximum atomic E-state index is 9.36. The molecule has 0 radical (unpaired) electrons. The summed E-state index contributed by atoms with van der Waals surface area (Å²) in [5, 5.41) is 9.36. The van der Waals surface area contributed by atoms with E-state index >= 15 is 0 Å². The molecule has 1 aromatic carbocycles. The molecule has 5 nitrogen and oxygen atoms in total. The van der Waals surface area contributed by atoms with E-state index in [1.807, 2.05) is 43.3 Å². The van der Waals surface area contributed by atoms with Crippen molar-refractivity contribution in [3.63, 3.8) is 0 Å². The fourth-order valence-corrected chi connectivity index (χ4v) is 2.20. The molecular formula is C17H13N5. The third-order valence-electron chi connectivity index (χ3n) is 3.23. The van der Waals surface area contributed by atoms with Crippen molar-refractivity contribution in [2.24, 2.45) is 0 Å². The molecule has 0 atom stereocenters. The van der Waals surface area contributed by atoms with Gasteiger partial charge >= 0.3 is 0 Å². The van der Waals surface area contributed by atoms with Gasteiger partial charge in [-0.15, -0.1) is 0 Å². The molecule has 0 saturated carbocycles. The van der Waals surface area contributed by atoms with Crippen LogP contribution in [0.15, 0.2) is 48.8 Å². The average Bonchev–Trinajstić information content (AvgIpc) is 2.55. The normalized spacial score (nSPS) is 10.2. The van der Waals surface area contributed by atoms with Gasteiger partial charge in [-0.25, -0.2) is 9.97 Å². The third-order valence-corrected chi connectivity index (χ3v) is 3.23. The van der Waals surface area contributed by atoms with Crippen molar-refractivity contribution in [1.29, 1.82) is 5.26 Å². The number of nitrogens with two attached hydrogens (primary N) is 1. The van der Waals surface area contributed by atoms with Gasteiger partial charge in [-0.05, 0) is 18.6 Å². The van der Waals surface area contributed by atoms with Gasteiger partial charge in [-0.1, -0.05) is 30.3 Å². The Morgan fingerprint density at radius 3 is 2.50 bits per heavy atom.